The topological polar surface area (TPSA) is 99.1 Å². The maximum atomic E-state index is 12.6. The summed E-state index contributed by atoms with van der Waals surface area (Å²) in [6.07, 6.45) is 1.69. The smallest absolute Gasteiger partial charge is 0.247 e. The van der Waals surface area contributed by atoms with Crippen LogP contribution in [0.25, 0.3) is 0 Å². The van der Waals surface area contributed by atoms with Crippen molar-refractivity contribution in [1.29, 1.82) is 0 Å². The van der Waals surface area contributed by atoms with Crippen LogP contribution < -0.4 is 5.32 Å². The second-order valence-corrected chi connectivity index (χ2v) is 8.84. The van der Waals surface area contributed by atoms with Crippen LogP contribution in [0, 0.1) is 22.7 Å². The van der Waals surface area contributed by atoms with E-state index in [1.165, 1.54) is 0 Å². The standard InChI is InChI=1S/C19H32N2O5/c1-18(2)13-4-5-19(18,3)16(24)12(13)10-15(23)20-14(11-22)17(25)21-6-8-26-9-7-21/h12-14,16,22,24H,4-11H2,1-3H3,(H,20,23)/t12?,13?,14-,16?,19?/m0/s1. The van der Waals surface area contributed by atoms with Gasteiger partial charge in [-0.15, -0.1) is 0 Å². The third-order valence-corrected chi connectivity index (χ3v) is 7.51. The van der Waals surface area contributed by atoms with Crippen LogP contribution in [0.3, 0.4) is 0 Å². The molecule has 1 heterocycles. The van der Waals surface area contributed by atoms with E-state index in [9.17, 15) is 19.8 Å². The Labute approximate surface area is 155 Å². The molecule has 3 N–H and O–H groups in total. The minimum Gasteiger partial charge on any atom is -0.394 e. The molecule has 2 amide bonds. The number of carbonyl (C=O) groups excluding carboxylic acids is 2. The van der Waals surface area contributed by atoms with Gasteiger partial charge in [0, 0.05) is 19.5 Å². The fraction of sp³-hybridized carbons (Fsp3) is 0.895. The molecule has 7 heteroatoms. The number of amides is 2. The van der Waals surface area contributed by atoms with Gasteiger partial charge in [0.25, 0.3) is 0 Å². The van der Waals surface area contributed by atoms with Crippen LogP contribution in [0.4, 0.5) is 0 Å². The average Bonchev–Trinajstić information content (AvgIpc) is 2.93. The number of morpholine rings is 1. The van der Waals surface area contributed by atoms with Gasteiger partial charge in [0.2, 0.25) is 11.8 Å². The Kier molecular flexibility index (Phi) is 5.34. The molecule has 1 saturated heterocycles. The Morgan fingerprint density at radius 2 is 1.92 bits per heavy atom. The van der Waals surface area contributed by atoms with Gasteiger partial charge in [-0.1, -0.05) is 20.8 Å². The van der Waals surface area contributed by atoms with Crippen molar-refractivity contribution in [3.63, 3.8) is 0 Å². The zero-order valence-corrected chi connectivity index (χ0v) is 16.0. The fourth-order valence-electron chi connectivity index (χ4n) is 5.44. The summed E-state index contributed by atoms with van der Waals surface area (Å²) in [7, 11) is 0. The maximum absolute atomic E-state index is 12.6. The molecule has 0 aromatic rings. The van der Waals surface area contributed by atoms with E-state index in [2.05, 4.69) is 26.1 Å². The van der Waals surface area contributed by atoms with Crippen LogP contribution in [-0.2, 0) is 14.3 Å². The Morgan fingerprint density at radius 1 is 1.27 bits per heavy atom. The van der Waals surface area contributed by atoms with Crippen LogP contribution in [-0.4, -0.2) is 72.0 Å². The van der Waals surface area contributed by atoms with Crippen molar-refractivity contribution in [2.75, 3.05) is 32.9 Å². The zero-order chi connectivity index (χ0) is 19.1. The predicted octanol–water partition coefficient (Wildman–Crippen LogP) is 0.146. The minimum absolute atomic E-state index is 0.00262. The fourth-order valence-corrected chi connectivity index (χ4v) is 5.44. The lowest BCUT2D eigenvalue weighted by atomic mass is 9.70. The number of aliphatic hydroxyl groups is 2. The lowest BCUT2D eigenvalue weighted by Gasteiger charge is -2.37. The van der Waals surface area contributed by atoms with Gasteiger partial charge in [-0.2, -0.15) is 0 Å². The van der Waals surface area contributed by atoms with E-state index in [1.54, 1.807) is 4.90 Å². The largest absolute Gasteiger partial charge is 0.394 e. The van der Waals surface area contributed by atoms with Crippen molar-refractivity contribution in [2.24, 2.45) is 22.7 Å². The Morgan fingerprint density at radius 3 is 2.46 bits per heavy atom. The average molecular weight is 368 g/mol. The summed E-state index contributed by atoms with van der Waals surface area (Å²) >= 11 is 0. The summed E-state index contributed by atoms with van der Waals surface area (Å²) in [5, 5.41) is 23.1. The second kappa shape index (κ2) is 7.09. The molecule has 0 spiro atoms. The van der Waals surface area contributed by atoms with Gasteiger partial charge in [0.05, 0.1) is 25.9 Å². The molecule has 1 aliphatic heterocycles. The van der Waals surface area contributed by atoms with Crippen molar-refractivity contribution in [3.05, 3.63) is 0 Å². The highest BCUT2D eigenvalue weighted by atomic mass is 16.5. The molecular formula is C19H32N2O5. The SMILES string of the molecule is CC1(C)C2CCC1(C)C(O)C2CC(=O)N[C@@H](CO)C(=O)N1CCOCC1. The number of fused-ring (bicyclic) bond motifs is 2. The molecule has 3 aliphatic rings. The lowest BCUT2D eigenvalue weighted by molar-refractivity contribution is -0.141. The van der Waals surface area contributed by atoms with Gasteiger partial charge in [0.15, 0.2) is 0 Å². The van der Waals surface area contributed by atoms with Gasteiger partial charge in [-0.3, -0.25) is 9.59 Å². The summed E-state index contributed by atoms with van der Waals surface area (Å²) < 4.78 is 5.23. The summed E-state index contributed by atoms with van der Waals surface area (Å²) in [6, 6.07) is -0.931. The number of hydrogen-bond acceptors (Lipinski definition) is 5. The van der Waals surface area contributed by atoms with Crippen LogP contribution >= 0.6 is 0 Å². The van der Waals surface area contributed by atoms with E-state index in [-0.39, 0.29) is 35.0 Å². The van der Waals surface area contributed by atoms with Gasteiger partial charge < -0.3 is 25.2 Å². The Balaban J connectivity index is 1.60. The Hall–Kier alpha value is -1.18. The van der Waals surface area contributed by atoms with E-state index < -0.39 is 18.8 Å². The molecule has 3 rings (SSSR count). The van der Waals surface area contributed by atoms with E-state index in [4.69, 9.17) is 4.74 Å². The van der Waals surface area contributed by atoms with Crippen molar-refractivity contribution in [1.82, 2.24) is 10.2 Å². The van der Waals surface area contributed by atoms with Crippen molar-refractivity contribution < 1.29 is 24.5 Å². The van der Waals surface area contributed by atoms with E-state index >= 15 is 0 Å². The first-order valence-electron chi connectivity index (χ1n) is 9.67. The van der Waals surface area contributed by atoms with Crippen LogP contribution in [0.1, 0.15) is 40.0 Å². The van der Waals surface area contributed by atoms with Crippen LogP contribution in [0.2, 0.25) is 0 Å². The first-order valence-corrected chi connectivity index (χ1v) is 9.67. The molecule has 3 fully saturated rings. The maximum Gasteiger partial charge on any atom is 0.247 e. The number of carbonyl (C=O) groups is 2. The highest BCUT2D eigenvalue weighted by molar-refractivity contribution is 5.88. The molecule has 2 bridgehead atoms. The summed E-state index contributed by atoms with van der Waals surface area (Å²) in [6.45, 7) is 7.95. The highest BCUT2D eigenvalue weighted by Crippen LogP contribution is 2.68. The quantitative estimate of drug-likeness (QED) is 0.641. The van der Waals surface area contributed by atoms with Gasteiger partial charge >= 0.3 is 0 Å². The number of hydrogen-bond donors (Lipinski definition) is 3. The molecule has 5 atom stereocenters. The third-order valence-electron chi connectivity index (χ3n) is 7.51. The summed E-state index contributed by atoms with van der Waals surface area (Å²) in [5.74, 6) is -0.344. The first kappa shape index (κ1) is 19.6. The summed E-state index contributed by atoms with van der Waals surface area (Å²) in [5.41, 5.74) is -0.167. The lowest BCUT2D eigenvalue weighted by Crippen LogP contribution is -2.53. The van der Waals surface area contributed by atoms with Gasteiger partial charge in [-0.25, -0.2) is 0 Å². The van der Waals surface area contributed by atoms with E-state index in [0.29, 0.717) is 32.2 Å². The number of rotatable bonds is 5. The minimum atomic E-state index is -0.931. The molecule has 2 aliphatic carbocycles. The monoisotopic (exact) mass is 368 g/mol. The highest BCUT2D eigenvalue weighted by Gasteiger charge is 2.65. The van der Waals surface area contributed by atoms with Crippen molar-refractivity contribution >= 4 is 11.8 Å². The normalized spacial score (nSPS) is 36.8. The van der Waals surface area contributed by atoms with Gasteiger partial charge in [-0.05, 0) is 35.5 Å². The van der Waals surface area contributed by atoms with Crippen molar-refractivity contribution in [3.8, 4) is 0 Å². The first-order chi connectivity index (χ1) is 12.2. The molecule has 148 valence electrons. The molecule has 4 unspecified atom stereocenters. The number of nitrogens with zero attached hydrogens (tertiary/aromatic N) is 1. The third kappa shape index (κ3) is 3.04. The molecular weight excluding hydrogens is 336 g/mol. The van der Waals surface area contributed by atoms with Crippen LogP contribution in [0.5, 0.6) is 0 Å². The second-order valence-electron chi connectivity index (χ2n) is 8.84. The molecule has 0 radical (unpaired) electrons. The van der Waals surface area contributed by atoms with E-state index in [0.717, 1.165) is 12.8 Å². The van der Waals surface area contributed by atoms with E-state index in [1.807, 2.05) is 0 Å². The molecule has 0 aromatic heterocycles. The van der Waals surface area contributed by atoms with Crippen LogP contribution in [0.15, 0.2) is 0 Å². The number of aliphatic hydroxyl groups excluding tert-OH is 2. The Bertz CT molecular complexity index is 560. The molecule has 26 heavy (non-hydrogen) atoms. The molecule has 0 aromatic carbocycles. The van der Waals surface area contributed by atoms with Gasteiger partial charge in [0.1, 0.15) is 6.04 Å². The number of ether oxygens (including phenoxy) is 1. The molecule has 2 saturated carbocycles. The zero-order valence-electron chi connectivity index (χ0n) is 16.0. The number of nitrogens with one attached hydrogen (secondary N) is 1. The predicted molar refractivity (Wildman–Crippen MR) is 95.1 cm³/mol. The summed E-state index contributed by atoms with van der Waals surface area (Å²) in [4.78, 5) is 26.7. The molecule has 7 nitrogen and oxygen atoms in total. The van der Waals surface area contributed by atoms with Crippen molar-refractivity contribution in [2.45, 2.75) is 52.2 Å².